The van der Waals surface area contributed by atoms with Gasteiger partial charge in [0.2, 0.25) is 6.10 Å². The normalized spacial score (nSPS) is 11.7. The van der Waals surface area contributed by atoms with E-state index in [1.54, 1.807) is 18.2 Å². The van der Waals surface area contributed by atoms with Gasteiger partial charge in [0, 0.05) is 6.08 Å². The molecule has 2 N–H and O–H groups in total. The molecule has 0 radical (unpaired) electrons. The minimum absolute atomic E-state index is 0.456. The van der Waals surface area contributed by atoms with Gasteiger partial charge in [-0.2, -0.15) is 0 Å². The van der Waals surface area contributed by atoms with Crippen molar-refractivity contribution in [1.29, 1.82) is 0 Å². The molecule has 0 fully saturated rings. The number of carbonyl (C=O) groups excluding carboxylic acids is 1. The third-order valence-electron chi connectivity index (χ3n) is 2.71. The third kappa shape index (κ3) is 5.70. The number of rotatable bonds is 8. The molecule has 0 saturated carbocycles. The van der Waals surface area contributed by atoms with Crippen molar-refractivity contribution < 1.29 is 38.8 Å². The lowest BCUT2D eigenvalue weighted by atomic mass is 10.2. The van der Waals surface area contributed by atoms with E-state index < -0.39 is 30.4 Å². The number of carboxylic acid groups (broad SMARTS) is 2. The molecule has 0 heterocycles. The van der Waals surface area contributed by atoms with Gasteiger partial charge in [-0.15, -0.1) is 0 Å². The van der Waals surface area contributed by atoms with E-state index in [0.717, 1.165) is 6.08 Å². The molecule has 1 atom stereocenters. The van der Waals surface area contributed by atoms with E-state index in [0.29, 0.717) is 17.1 Å². The first-order valence-corrected chi connectivity index (χ1v) is 6.42. The van der Waals surface area contributed by atoms with Gasteiger partial charge in [-0.25, -0.2) is 9.59 Å². The van der Waals surface area contributed by atoms with E-state index in [2.05, 4.69) is 4.74 Å². The van der Waals surface area contributed by atoms with Crippen LogP contribution in [0.1, 0.15) is 12.0 Å². The van der Waals surface area contributed by atoms with E-state index in [1.807, 2.05) is 0 Å². The van der Waals surface area contributed by atoms with Crippen molar-refractivity contribution >= 4 is 24.0 Å². The van der Waals surface area contributed by atoms with Gasteiger partial charge in [0.15, 0.2) is 11.5 Å². The van der Waals surface area contributed by atoms with Gasteiger partial charge in [-0.1, -0.05) is 6.07 Å². The highest BCUT2D eigenvalue weighted by Gasteiger charge is 2.24. The van der Waals surface area contributed by atoms with Crippen molar-refractivity contribution in [2.45, 2.75) is 12.5 Å². The Balaban J connectivity index is 2.78. The van der Waals surface area contributed by atoms with E-state index >= 15 is 0 Å². The summed E-state index contributed by atoms with van der Waals surface area (Å²) < 4.78 is 14.8. The highest BCUT2D eigenvalue weighted by atomic mass is 16.6. The van der Waals surface area contributed by atoms with E-state index in [1.165, 1.54) is 20.3 Å². The molecule has 0 unspecified atom stereocenters. The standard InChI is InChI=1S/C15H16O8/c1-21-10-5-3-9(7-11(10)22-2)4-6-14(18)23-12(15(19)20)8-13(16)17/h3-7,12H,8H2,1-2H3,(H,16,17)(H,19,20)/b6-4-/t12-/m0/s1. The van der Waals surface area contributed by atoms with Crippen LogP contribution in [0.4, 0.5) is 0 Å². The number of hydrogen-bond acceptors (Lipinski definition) is 6. The van der Waals surface area contributed by atoms with Gasteiger partial charge in [-0.3, -0.25) is 4.79 Å². The SMILES string of the molecule is COc1ccc(/C=C\C(=O)O[C@@H](CC(=O)O)C(=O)O)cc1OC. The summed E-state index contributed by atoms with van der Waals surface area (Å²) >= 11 is 0. The Bertz CT molecular complexity index is 620. The summed E-state index contributed by atoms with van der Waals surface area (Å²) in [5.41, 5.74) is 0.588. The number of hydrogen-bond donors (Lipinski definition) is 2. The van der Waals surface area contributed by atoms with E-state index in [-0.39, 0.29) is 0 Å². The smallest absolute Gasteiger partial charge is 0.345 e. The maximum absolute atomic E-state index is 11.6. The molecule has 8 nitrogen and oxygen atoms in total. The van der Waals surface area contributed by atoms with Gasteiger partial charge in [0.25, 0.3) is 0 Å². The number of benzene rings is 1. The Kier molecular flexibility index (Phi) is 6.60. The molecule has 0 aromatic heterocycles. The molecule has 23 heavy (non-hydrogen) atoms. The fourth-order valence-electron chi connectivity index (χ4n) is 1.64. The first-order valence-electron chi connectivity index (χ1n) is 6.42. The largest absolute Gasteiger partial charge is 0.493 e. The average Bonchev–Trinajstić information content (AvgIpc) is 2.51. The molecule has 8 heteroatoms. The number of carbonyl (C=O) groups is 3. The minimum Gasteiger partial charge on any atom is -0.493 e. The third-order valence-corrected chi connectivity index (χ3v) is 2.71. The maximum atomic E-state index is 11.6. The first-order chi connectivity index (χ1) is 10.9. The molecule has 1 rings (SSSR count). The molecular formula is C15H16O8. The molecule has 0 spiro atoms. The molecule has 0 amide bonds. The van der Waals surface area contributed by atoms with Crippen molar-refractivity contribution in [2.24, 2.45) is 0 Å². The Morgan fingerprint density at radius 3 is 2.30 bits per heavy atom. The molecule has 124 valence electrons. The zero-order valence-corrected chi connectivity index (χ0v) is 12.5. The molecule has 0 saturated heterocycles. The Hall–Kier alpha value is -3.03. The lowest BCUT2D eigenvalue weighted by Gasteiger charge is -2.10. The summed E-state index contributed by atoms with van der Waals surface area (Å²) in [4.78, 5) is 32.9. The minimum atomic E-state index is -1.74. The maximum Gasteiger partial charge on any atom is 0.345 e. The van der Waals surface area contributed by atoms with E-state index in [4.69, 9.17) is 19.7 Å². The number of carboxylic acids is 2. The number of ether oxygens (including phenoxy) is 3. The van der Waals surface area contributed by atoms with Crippen LogP contribution in [-0.4, -0.2) is 48.4 Å². The molecule has 1 aromatic rings. The molecule has 0 aliphatic rings. The van der Waals surface area contributed by atoms with Crippen LogP contribution in [0.3, 0.4) is 0 Å². The molecule has 0 bridgehead atoms. The highest BCUT2D eigenvalue weighted by molar-refractivity contribution is 5.90. The summed E-state index contributed by atoms with van der Waals surface area (Å²) in [7, 11) is 2.95. The van der Waals surface area contributed by atoms with Gasteiger partial charge >= 0.3 is 17.9 Å². The topological polar surface area (TPSA) is 119 Å². The molecule has 0 aliphatic heterocycles. The van der Waals surface area contributed by atoms with Gasteiger partial charge in [-0.05, 0) is 23.8 Å². The van der Waals surface area contributed by atoms with Crippen molar-refractivity contribution in [3.8, 4) is 11.5 Å². The van der Waals surface area contributed by atoms with Crippen LogP contribution in [0, 0.1) is 0 Å². The monoisotopic (exact) mass is 324 g/mol. The average molecular weight is 324 g/mol. The molecule has 1 aromatic carbocycles. The quantitative estimate of drug-likeness (QED) is 0.540. The van der Waals surface area contributed by atoms with E-state index in [9.17, 15) is 14.4 Å². The van der Waals surface area contributed by atoms with Gasteiger partial charge < -0.3 is 24.4 Å². The zero-order valence-electron chi connectivity index (χ0n) is 12.5. The van der Waals surface area contributed by atoms with Crippen molar-refractivity contribution in [3.63, 3.8) is 0 Å². The van der Waals surface area contributed by atoms with Crippen LogP contribution >= 0.6 is 0 Å². The van der Waals surface area contributed by atoms with Crippen molar-refractivity contribution in [2.75, 3.05) is 14.2 Å². The number of methoxy groups -OCH3 is 2. The predicted octanol–water partition coefficient (Wildman–Crippen LogP) is 1.19. The van der Waals surface area contributed by atoms with Crippen LogP contribution in [0.15, 0.2) is 24.3 Å². The summed E-state index contributed by atoms with van der Waals surface area (Å²) in [6.45, 7) is 0. The van der Waals surface area contributed by atoms with Crippen LogP contribution in [-0.2, 0) is 19.1 Å². The fourth-order valence-corrected chi connectivity index (χ4v) is 1.64. The summed E-state index contributed by atoms with van der Waals surface area (Å²) in [6.07, 6.45) is -0.177. The highest BCUT2D eigenvalue weighted by Crippen LogP contribution is 2.27. The zero-order chi connectivity index (χ0) is 17.4. The van der Waals surface area contributed by atoms with Crippen LogP contribution < -0.4 is 9.47 Å². The fraction of sp³-hybridized carbons (Fsp3) is 0.267. The Labute approximate surface area is 131 Å². The summed E-state index contributed by atoms with van der Waals surface area (Å²) in [6, 6.07) is 4.89. The second kappa shape index (κ2) is 8.42. The van der Waals surface area contributed by atoms with Gasteiger partial charge in [0.05, 0.1) is 20.6 Å². The summed E-state index contributed by atoms with van der Waals surface area (Å²) in [5, 5.41) is 17.3. The molecule has 0 aliphatic carbocycles. The van der Waals surface area contributed by atoms with Crippen LogP contribution in [0.25, 0.3) is 6.08 Å². The second-order valence-electron chi connectivity index (χ2n) is 4.31. The van der Waals surface area contributed by atoms with Crippen LogP contribution in [0.5, 0.6) is 11.5 Å². The Morgan fingerprint density at radius 2 is 1.78 bits per heavy atom. The Morgan fingerprint density at radius 1 is 1.13 bits per heavy atom. The number of aliphatic carboxylic acids is 2. The summed E-state index contributed by atoms with van der Waals surface area (Å²) in [5.74, 6) is -2.90. The predicted molar refractivity (Wildman–Crippen MR) is 78.3 cm³/mol. The first kappa shape index (κ1) is 18.0. The number of esters is 1. The lowest BCUT2D eigenvalue weighted by molar-refractivity contribution is -0.164. The van der Waals surface area contributed by atoms with Crippen molar-refractivity contribution in [3.05, 3.63) is 29.8 Å². The molecular weight excluding hydrogens is 308 g/mol. The lowest BCUT2D eigenvalue weighted by Crippen LogP contribution is -2.28. The van der Waals surface area contributed by atoms with Gasteiger partial charge in [0.1, 0.15) is 0 Å². The second-order valence-corrected chi connectivity index (χ2v) is 4.31. The van der Waals surface area contributed by atoms with Crippen LogP contribution in [0.2, 0.25) is 0 Å². The van der Waals surface area contributed by atoms with Crippen molar-refractivity contribution in [1.82, 2.24) is 0 Å².